The third-order valence-electron chi connectivity index (χ3n) is 7.07. The number of halogens is 2. The number of aromatic nitrogens is 1. The highest BCUT2D eigenvalue weighted by molar-refractivity contribution is 14.1. The van der Waals surface area contributed by atoms with E-state index < -0.39 is 72.9 Å². The van der Waals surface area contributed by atoms with Gasteiger partial charge in [-0.05, 0) is 59.0 Å². The summed E-state index contributed by atoms with van der Waals surface area (Å²) in [5.41, 5.74) is 0.605. The summed E-state index contributed by atoms with van der Waals surface area (Å²) in [6.07, 6.45) is -7.06. The van der Waals surface area contributed by atoms with Crippen molar-refractivity contribution in [3.05, 3.63) is 60.6 Å². The zero-order valence-electron chi connectivity index (χ0n) is 24.2. The van der Waals surface area contributed by atoms with Gasteiger partial charge in [0, 0.05) is 46.3 Å². The molecule has 3 aromatic rings. The number of benzene rings is 2. The van der Waals surface area contributed by atoms with Gasteiger partial charge in [-0.25, -0.2) is 4.99 Å². The van der Waals surface area contributed by atoms with E-state index in [1.807, 2.05) is 0 Å². The number of amides is 1. The molecule has 1 amide bonds. The van der Waals surface area contributed by atoms with Crippen molar-refractivity contribution in [2.45, 2.75) is 58.3 Å². The minimum Gasteiger partial charge on any atom is -0.494 e. The minimum atomic E-state index is -1.50. The van der Waals surface area contributed by atoms with E-state index >= 15 is 0 Å². The van der Waals surface area contributed by atoms with E-state index in [0.29, 0.717) is 26.0 Å². The Balaban J connectivity index is 1.79. The first-order valence-corrected chi connectivity index (χ1v) is 15.4. The Morgan fingerprint density at radius 2 is 1.58 bits per heavy atom. The molecule has 236 valence electrons. The molecule has 15 heteroatoms. The third kappa shape index (κ3) is 6.46. The summed E-state index contributed by atoms with van der Waals surface area (Å²) in [5.74, 6) is -4.07. The van der Waals surface area contributed by atoms with Crippen molar-refractivity contribution in [2.75, 3.05) is 6.61 Å². The summed E-state index contributed by atoms with van der Waals surface area (Å²) in [4.78, 5) is 66.2. The van der Waals surface area contributed by atoms with Crippen LogP contribution in [-0.2, 0) is 47.7 Å². The molecule has 2 aliphatic heterocycles. The first-order valence-electron chi connectivity index (χ1n) is 13.5. The molecule has 13 nitrogen and oxygen atoms in total. The van der Waals surface area contributed by atoms with Crippen LogP contribution in [0.4, 0.5) is 0 Å². The Kier molecular flexibility index (Phi) is 9.32. The number of carbonyl (C=O) groups excluding carboxylic acids is 5. The zero-order valence-corrected chi connectivity index (χ0v) is 28.0. The average molecular weight is 797 g/mol. The maximum Gasteiger partial charge on any atom is 0.303 e. The summed E-state index contributed by atoms with van der Waals surface area (Å²) in [6.45, 7) is 4.08. The highest BCUT2D eigenvalue weighted by atomic mass is 127. The van der Waals surface area contributed by atoms with Crippen LogP contribution in [0.15, 0.2) is 45.9 Å². The van der Waals surface area contributed by atoms with Gasteiger partial charge in [-0.2, -0.15) is 0 Å². The lowest BCUT2D eigenvalue weighted by molar-refractivity contribution is -0.268. The van der Waals surface area contributed by atoms with E-state index in [-0.39, 0.29) is 11.1 Å². The topological polar surface area (TPSA) is 169 Å². The van der Waals surface area contributed by atoms with E-state index in [2.05, 4.69) is 43.5 Å². The van der Waals surface area contributed by atoms with Crippen LogP contribution in [0.1, 0.15) is 39.5 Å². The summed E-state index contributed by atoms with van der Waals surface area (Å²) >= 11 is 5.56. The van der Waals surface area contributed by atoms with Gasteiger partial charge in [0.2, 0.25) is 5.88 Å². The predicted molar refractivity (Wildman–Crippen MR) is 166 cm³/mol. The molecule has 0 unspecified atom stereocenters. The number of fused-ring (bicyclic) bond motifs is 2. The van der Waals surface area contributed by atoms with Crippen molar-refractivity contribution in [3.63, 3.8) is 0 Å². The second kappa shape index (κ2) is 12.9. The van der Waals surface area contributed by atoms with Gasteiger partial charge in [0.15, 0.2) is 24.5 Å². The second-order valence-corrected chi connectivity index (χ2v) is 12.4. The van der Waals surface area contributed by atoms with Crippen molar-refractivity contribution < 1.29 is 52.8 Å². The van der Waals surface area contributed by atoms with E-state index in [1.54, 1.807) is 36.4 Å². The van der Waals surface area contributed by atoms with Gasteiger partial charge >= 0.3 is 23.9 Å². The fourth-order valence-electron chi connectivity index (χ4n) is 5.52. The Morgan fingerprint density at radius 1 is 0.933 bits per heavy atom. The fraction of sp³-hybridized carbons (Fsp3) is 0.333. The number of rotatable bonds is 7. The summed E-state index contributed by atoms with van der Waals surface area (Å²) in [6, 6.07) is 10.3. The van der Waals surface area contributed by atoms with Gasteiger partial charge in [-0.3, -0.25) is 28.5 Å². The molecule has 1 fully saturated rings. The van der Waals surface area contributed by atoms with Crippen molar-refractivity contribution >= 4 is 84.8 Å². The van der Waals surface area contributed by atoms with E-state index in [1.165, 1.54) is 11.5 Å². The Hall–Kier alpha value is -3.83. The van der Waals surface area contributed by atoms with Crippen LogP contribution in [0.5, 0.6) is 5.88 Å². The molecule has 0 aliphatic carbocycles. The quantitative estimate of drug-likeness (QED) is 0.212. The molecule has 0 radical (unpaired) electrons. The lowest BCUT2D eigenvalue weighted by atomic mass is 9.97. The summed E-state index contributed by atoms with van der Waals surface area (Å²) in [7, 11) is 0. The number of ether oxygens (including phenoxy) is 5. The molecular formula is C30H26BrIN2O11. The smallest absolute Gasteiger partial charge is 0.303 e. The maximum atomic E-state index is 13.3. The molecule has 45 heavy (non-hydrogen) atoms. The Labute approximate surface area is 277 Å². The molecule has 0 saturated carbocycles. The average Bonchev–Trinajstić information content (AvgIpc) is 3.40. The van der Waals surface area contributed by atoms with Gasteiger partial charge in [0.05, 0.1) is 22.0 Å². The standard InChI is InChI=1S/C30H26BrIN2O11/c1-12(35)41-11-22-25(42-13(2)36)26(43-14(3)37)27(44-15(4)38)30(45-22)34-21-8-5-16(31)9-19(21)24(29(34)40)23-18-10-17(32)6-7-20(18)33-28(23)39/h5-10,22,25-27,30,40H,11H2,1-4H3/t22-,25-,26+,27-,30-/m1/s1. The van der Waals surface area contributed by atoms with Crippen LogP contribution in [-0.4, -0.2) is 70.5 Å². The van der Waals surface area contributed by atoms with Crippen LogP contribution in [0, 0.1) is 3.57 Å². The van der Waals surface area contributed by atoms with Crippen LogP contribution < -0.4 is 10.6 Å². The highest BCUT2D eigenvalue weighted by Crippen LogP contribution is 2.44. The molecule has 0 spiro atoms. The lowest BCUT2D eigenvalue weighted by Gasteiger charge is -2.45. The monoisotopic (exact) mass is 796 g/mol. The van der Waals surface area contributed by atoms with Crippen LogP contribution in [0.3, 0.4) is 0 Å². The third-order valence-corrected chi connectivity index (χ3v) is 8.24. The SMILES string of the molecule is CC(=O)OC[C@H]1O[C@@H](n2c(O)c(C3=c4cc(I)ccc4=NC3=O)c3cc(Br)ccc32)[C@H](OC(C)=O)[C@@H](OC(C)=O)[C@@H]1OC(C)=O. The molecule has 1 aromatic heterocycles. The van der Waals surface area contributed by atoms with Crippen LogP contribution in [0.25, 0.3) is 16.5 Å². The molecule has 0 bridgehead atoms. The van der Waals surface area contributed by atoms with Gasteiger partial charge in [0.1, 0.15) is 12.7 Å². The second-order valence-electron chi connectivity index (χ2n) is 10.3. The van der Waals surface area contributed by atoms with E-state index in [0.717, 1.165) is 24.3 Å². The van der Waals surface area contributed by atoms with Gasteiger partial charge in [0.25, 0.3) is 5.91 Å². The van der Waals surface area contributed by atoms with Crippen LogP contribution >= 0.6 is 38.5 Å². The molecule has 5 atom stereocenters. The molecule has 2 aliphatic rings. The largest absolute Gasteiger partial charge is 0.494 e. The van der Waals surface area contributed by atoms with Gasteiger partial charge in [-0.1, -0.05) is 15.9 Å². The zero-order chi connectivity index (χ0) is 32.7. The summed E-state index contributed by atoms with van der Waals surface area (Å²) in [5, 5.41) is 13.3. The van der Waals surface area contributed by atoms with Gasteiger partial charge < -0.3 is 28.8 Å². The minimum absolute atomic E-state index is 0.133. The number of carbonyl (C=O) groups is 5. The number of hydrogen-bond donors (Lipinski definition) is 1. The van der Waals surface area contributed by atoms with Crippen molar-refractivity contribution in [1.29, 1.82) is 0 Å². The lowest BCUT2D eigenvalue weighted by Crippen LogP contribution is -2.60. The summed E-state index contributed by atoms with van der Waals surface area (Å²) < 4.78 is 30.9. The molecular weight excluding hydrogens is 771 g/mol. The normalized spacial score (nSPS) is 22.4. The predicted octanol–water partition coefficient (Wildman–Crippen LogP) is 2.33. The molecule has 5 rings (SSSR count). The number of nitrogens with zero attached hydrogens (tertiary/aromatic N) is 2. The number of esters is 4. The molecule has 1 N–H and O–H groups in total. The van der Waals surface area contributed by atoms with E-state index in [4.69, 9.17) is 23.7 Å². The molecule has 3 heterocycles. The van der Waals surface area contributed by atoms with Crippen molar-refractivity contribution in [1.82, 2.24) is 4.57 Å². The number of aromatic hydroxyl groups is 1. The first-order chi connectivity index (χ1) is 21.3. The molecule has 2 aromatic carbocycles. The maximum absolute atomic E-state index is 13.3. The number of hydrogen-bond acceptors (Lipinski definition) is 11. The highest BCUT2D eigenvalue weighted by Gasteiger charge is 2.54. The Morgan fingerprint density at radius 3 is 2.22 bits per heavy atom. The fourth-order valence-corrected chi connectivity index (χ4v) is 6.37. The Bertz CT molecular complexity index is 1890. The van der Waals surface area contributed by atoms with E-state index in [9.17, 15) is 29.1 Å². The van der Waals surface area contributed by atoms with Crippen molar-refractivity contribution in [3.8, 4) is 5.88 Å². The first kappa shape index (κ1) is 32.6. The van der Waals surface area contributed by atoms with Crippen LogP contribution in [0.2, 0.25) is 0 Å². The van der Waals surface area contributed by atoms with Gasteiger partial charge in [-0.15, -0.1) is 0 Å². The molecule has 1 saturated heterocycles. The van der Waals surface area contributed by atoms with Crippen molar-refractivity contribution in [2.24, 2.45) is 4.99 Å².